The van der Waals surface area contributed by atoms with E-state index in [-0.39, 0.29) is 0 Å². The van der Waals surface area contributed by atoms with Crippen molar-refractivity contribution in [3.63, 3.8) is 0 Å². The highest BCUT2D eigenvalue weighted by Crippen LogP contribution is 2.19. The Hall–Kier alpha value is -2.42. The van der Waals surface area contributed by atoms with Crippen LogP contribution in [-0.4, -0.2) is 16.7 Å². The predicted molar refractivity (Wildman–Crippen MR) is 78.2 cm³/mol. The maximum Gasteiger partial charge on any atom is 0.0950 e. The van der Waals surface area contributed by atoms with Crippen LogP contribution in [-0.2, 0) is 6.42 Å². The fourth-order valence-electron chi connectivity index (χ4n) is 2.13. The van der Waals surface area contributed by atoms with Gasteiger partial charge in [-0.15, -0.1) is 0 Å². The number of rotatable bonds is 4. The van der Waals surface area contributed by atoms with Gasteiger partial charge in [-0.3, -0.25) is 0 Å². The number of hydrogen-bond donors (Lipinski definition) is 1. The van der Waals surface area contributed by atoms with Crippen LogP contribution in [0.1, 0.15) is 5.56 Å². The molecule has 0 saturated heterocycles. The van der Waals surface area contributed by atoms with Crippen LogP contribution in [0.15, 0.2) is 60.8 Å². The Labute approximate surface area is 112 Å². The van der Waals surface area contributed by atoms with Crippen molar-refractivity contribution in [2.75, 3.05) is 11.9 Å². The van der Waals surface area contributed by atoms with Crippen LogP contribution in [0.5, 0.6) is 0 Å². The van der Waals surface area contributed by atoms with E-state index in [0.29, 0.717) is 0 Å². The maximum atomic E-state index is 4.12. The molecule has 2 aromatic carbocycles. The molecular weight excluding hydrogens is 234 g/mol. The molecule has 0 fully saturated rings. The van der Waals surface area contributed by atoms with Gasteiger partial charge in [-0.2, -0.15) is 10.2 Å². The van der Waals surface area contributed by atoms with Crippen molar-refractivity contribution in [2.45, 2.75) is 6.42 Å². The van der Waals surface area contributed by atoms with Gasteiger partial charge in [0, 0.05) is 11.9 Å². The lowest BCUT2D eigenvalue weighted by Gasteiger charge is -2.08. The van der Waals surface area contributed by atoms with E-state index in [1.807, 2.05) is 24.3 Å². The number of hydrogen-bond acceptors (Lipinski definition) is 3. The Morgan fingerprint density at radius 2 is 1.68 bits per heavy atom. The summed E-state index contributed by atoms with van der Waals surface area (Å²) in [4.78, 5) is 0. The Morgan fingerprint density at radius 3 is 2.58 bits per heavy atom. The summed E-state index contributed by atoms with van der Waals surface area (Å²) < 4.78 is 0. The SMILES string of the molecule is c1ccc(CCNc2cnnc3ccccc23)cc1. The molecule has 1 heterocycles. The van der Waals surface area contributed by atoms with Crippen molar-refractivity contribution >= 4 is 16.6 Å². The molecule has 94 valence electrons. The first-order chi connectivity index (χ1) is 9.43. The molecule has 3 rings (SSSR count). The van der Waals surface area contributed by atoms with Crippen LogP contribution in [0.25, 0.3) is 10.9 Å². The highest BCUT2D eigenvalue weighted by atomic mass is 15.1. The van der Waals surface area contributed by atoms with Crippen molar-refractivity contribution in [1.82, 2.24) is 10.2 Å². The van der Waals surface area contributed by atoms with Gasteiger partial charge < -0.3 is 5.32 Å². The molecule has 1 aromatic heterocycles. The van der Waals surface area contributed by atoms with E-state index in [9.17, 15) is 0 Å². The van der Waals surface area contributed by atoms with Crippen molar-refractivity contribution in [1.29, 1.82) is 0 Å². The minimum atomic E-state index is 0.889. The molecule has 0 aliphatic rings. The molecule has 0 amide bonds. The smallest absolute Gasteiger partial charge is 0.0950 e. The molecule has 0 unspecified atom stereocenters. The van der Waals surface area contributed by atoms with Crippen LogP contribution in [0.2, 0.25) is 0 Å². The van der Waals surface area contributed by atoms with E-state index in [4.69, 9.17) is 0 Å². The van der Waals surface area contributed by atoms with Gasteiger partial charge in [0.15, 0.2) is 0 Å². The van der Waals surface area contributed by atoms with Gasteiger partial charge in [-0.05, 0) is 18.1 Å². The molecule has 0 radical (unpaired) electrons. The number of fused-ring (bicyclic) bond motifs is 1. The third-order valence-corrected chi connectivity index (χ3v) is 3.12. The van der Waals surface area contributed by atoms with Crippen molar-refractivity contribution < 1.29 is 0 Å². The Morgan fingerprint density at radius 1 is 0.895 bits per heavy atom. The van der Waals surface area contributed by atoms with Gasteiger partial charge in [0.1, 0.15) is 0 Å². The molecule has 19 heavy (non-hydrogen) atoms. The molecule has 0 atom stereocenters. The maximum absolute atomic E-state index is 4.12. The highest BCUT2D eigenvalue weighted by Gasteiger charge is 2.01. The molecule has 0 aliphatic heterocycles. The third kappa shape index (κ3) is 2.71. The molecule has 0 saturated carbocycles. The second-order valence-corrected chi connectivity index (χ2v) is 4.44. The Balaban J connectivity index is 1.72. The Bertz CT molecular complexity index is 660. The number of aromatic nitrogens is 2. The molecule has 1 N–H and O–H groups in total. The van der Waals surface area contributed by atoms with Gasteiger partial charge in [-0.1, -0.05) is 48.5 Å². The van der Waals surface area contributed by atoms with E-state index in [2.05, 4.69) is 45.8 Å². The fraction of sp³-hybridized carbons (Fsp3) is 0.125. The topological polar surface area (TPSA) is 37.8 Å². The molecule has 3 nitrogen and oxygen atoms in total. The van der Waals surface area contributed by atoms with Crippen LogP contribution < -0.4 is 5.32 Å². The summed E-state index contributed by atoms with van der Waals surface area (Å²) in [5, 5.41) is 12.7. The largest absolute Gasteiger partial charge is 0.383 e. The van der Waals surface area contributed by atoms with Crippen LogP contribution in [0, 0.1) is 0 Å². The summed E-state index contributed by atoms with van der Waals surface area (Å²) in [5.74, 6) is 0. The van der Waals surface area contributed by atoms with E-state index >= 15 is 0 Å². The molecule has 3 heteroatoms. The number of nitrogens with one attached hydrogen (secondary N) is 1. The lowest BCUT2D eigenvalue weighted by Crippen LogP contribution is -2.05. The van der Waals surface area contributed by atoms with Crippen molar-refractivity contribution in [3.05, 3.63) is 66.4 Å². The first kappa shape index (κ1) is 11.7. The average Bonchev–Trinajstić information content (AvgIpc) is 2.49. The molecule has 0 spiro atoms. The predicted octanol–water partition coefficient (Wildman–Crippen LogP) is 3.28. The van der Waals surface area contributed by atoms with Gasteiger partial charge in [-0.25, -0.2) is 0 Å². The van der Waals surface area contributed by atoms with E-state index in [1.54, 1.807) is 6.20 Å². The lowest BCUT2D eigenvalue weighted by atomic mass is 10.1. The van der Waals surface area contributed by atoms with Gasteiger partial charge in [0.2, 0.25) is 0 Å². The molecule has 0 aliphatic carbocycles. The van der Waals surface area contributed by atoms with Crippen molar-refractivity contribution in [3.8, 4) is 0 Å². The van der Waals surface area contributed by atoms with Gasteiger partial charge >= 0.3 is 0 Å². The zero-order chi connectivity index (χ0) is 12.9. The Kier molecular flexibility index (Phi) is 3.36. The van der Waals surface area contributed by atoms with E-state index < -0.39 is 0 Å². The standard InChI is InChI=1S/C16H15N3/c1-2-6-13(7-3-1)10-11-17-16-12-18-19-15-9-5-4-8-14(15)16/h1-9,12H,10-11H2,(H,17,19). The number of benzene rings is 2. The van der Waals surface area contributed by atoms with Gasteiger partial charge in [0.05, 0.1) is 17.4 Å². The number of nitrogens with zero attached hydrogens (tertiary/aromatic N) is 2. The minimum absolute atomic E-state index is 0.889. The van der Waals surface area contributed by atoms with Crippen LogP contribution >= 0.6 is 0 Å². The second-order valence-electron chi connectivity index (χ2n) is 4.44. The summed E-state index contributed by atoms with van der Waals surface area (Å²) in [6.45, 7) is 0.889. The normalized spacial score (nSPS) is 10.5. The first-order valence-corrected chi connectivity index (χ1v) is 6.42. The molecule has 0 bridgehead atoms. The number of anilines is 1. The zero-order valence-electron chi connectivity index (χ0n) is 10.6. The summed E-state index contributed by atoms with van der Waals surface area (Å²) in [7, 11) is 0. The average molecular weight is 249 g/mol. The van der Waals surface area contributed by atoms with Gasteiger partial charge in [0.25, 0.3) is 0 Å². The summed E-state index contributed by atoms with van der Waals surface area (Å²) in [6, 6.07) is 18.5. The van der Waals surface area contributed by atoms with Crippen LogP contribution in [0.4, 0.5) is 5.69 Å². The lowest BCUT2D eigenvalue weighted by molar-refractivity contribution is 1.01. The zero-order valence-corrected chi connectivity index (χ0v) is 10.6. The molecular formula is C16H15N3. The minimum Gasteiger partial charge on any atom is -0.383 e. The first-order valence-electron chi connectivity index (χ1n) is 6.42. The third-order valence-electron chi connectivity index (χ3n) is 3.12. The summed E-state index contributed by atoms with van der Waals surface area (Å²) in [5.41, 5.74) is 3.30. The van der Waals surface area contributed by atoms with E-state index in [1.165, 1.54) is 5.56 Å². The molecule has 3 aromatic rings. The van der Waals surface area contributed by atoms with E-state index in [0.717, 1.165) is 29.6 Å². The summed E-state index contributed by atoms with van der Waals surface area (Å²) in [6.07, 6.45) is 2.78. The monoisotopic (exact) mass is 249 g/mol. The van der Waals surface area contributed by atoms with Crippen molar-refractivity contribution in [2.24, 2.45) is 0 Å². The second kappa shape index (κ2) is 5.48. The summed E-state index contributed by atoms with van der Waals surface area (Å²) >= 11 is 0. The fourth-order valence-corrected chi connectivity index (χ4v) is 2.13. The highest BCUT2D eigenvalue weighted by molar-refractivity contribution is 5.90. The van der Waals surface area contributed by atoms with Crippen LogP contribution in [0.3, 0.4) is 0 Å². The quantitative estimate of drug-likeness (QED) is 0.771.